The molecular formula is C18H19F3N2O4S. The van der Waals surface area contributed by atoms with Gasteiger partial charge in [0.2, 0.25) is 5.91 Å². The summed E-state index contributed by atoms with van der Waals surface area (Å²) in [5.74, 6) is 1.22. The van der Waals surface area contributed by atoms with Crippen LogP contribution in [0.5, 0.6) is 17.2 Å². The number of amides is 1. The number of ether oxygens (including phenoxy) is 3. The topological polar surface area (TPSA) is 69.7 Å². The summed E-state index contributed by atoms with van der Waals surface area (Å²) in [5, 5.41) is 3.05. The number of benzene rings is 1. The Kier molecular flexibility index (Phi) is 7.38. The van der Waals surface area contributed by atoms with Crippen LogP contribution >= 0.6 is 11.8 Å². The second kappa shape index (κ2) is 9.54. The average Bonchev–Trinajstić information content (AvgIpc) is 2.69. The van der Waals surface area contributed by atoms with Crippen LogP contribution in [0, 0.1) is 0 Å². The minimum absolute atomic E-state index is 0.00791. The van der Waals surface area contributed by atoms with E-state index in [1.54, 1.807) is 12.1 Å². The zero-order valence-corrected chi connectivity index (χ0v) is 16.2. The fraction of sp³-hybridized carbons (Fsp3) is 0.333. The number of nitrogens with one attached hydrogen (secondary N) is 1. The summed E-state index contributed by atoms with van der Waals surface area (Å²) in [6.07, 6.45) is -3.69. The Morgan fingerprint density at radius 3 is 2.25 bits per heavy atom. The van der Waals surface area contributed by atoms with Crippen LogP contribution < -0.4 is 19.5 Å². The number of hydrogen-bond donors (Lipinski definition) is 1. The van der Waals surface area contributed by atoms with E-state index in [9.17, 15) is 18.0 Å². The van der Waals surface area contributed by atoms with Gasteiger partial charge in [-0.05, 0) is 18.2 Å². The van der Waals surface area contributed by atoms with Gasteiger partial charge in [-0.2, -0.15) is 13.2 Å². The zero-order chi connectivity index (χ0) is 20.7. The maximum Gasteiger partial charge on any atom is 0.417 e. The molecule has 0 spiro atoms. The van der Waals surface area contributed by atoms with Gasteiger partial charge in [0, 0.05) is 24.4 Å². The molecule has 0 saturated carbocycles. The summed E-state index contributed by atoms with van der Waals surface area (Å²) in [5.41, 5.74) is -0.145. The van der Waals surface area contributed by atoms with E-state index in [4.69, 9.17) is 14.2 Å². The molecule has 0 aliphatic carbocycles. The monoisotopic (exact) mass is 416 g/mol. The van der Waals surface area contributed by atoms with Crippen LogP contribution in [0.4, 0.5) is 13.2 Å². The van der Waals surface area contributed by atoms with Crippen molar-refractivity contribution in [1.29, 1.82) is 0 Å². The van der Waals surface area contributed by atoms with Crippen LogP contribution in [0.3, 0.4) is 0 Å². The zero-order valence-electron chi connectivity index (χ0n) is 15.4. The number of thioether (sulfide) groups is 1. The van der Waals surface area contributed by atoms with E-state index >= 15 is 0 Å². The maximum atomic E-state index is 12.5. The minimum atomic E-state index is -4.44. The highest BCUT2D eigenvalue weighted by atomic mass is 32.2. The van der Waals surface area contributed by atoms with E-state index in [2.05, 4.69) is 10.3 Å². The number of alkyl halides is 3. The number of nitrogens with zero attached hydrogens (tertiary/aromatic N) is 1. The quantitative estimate of drug-likeness (QED) is 0.664. The van der Waals surface area contributed by atoms with Gasteiger partial charge in [-0.25, -0.2) is 4.98 Å². The molecule has 1 N–H and O–H groups in total. The summed E-state index contributed by atoms with van der Waals surface area (Å²) in [4.78, 5) is 15.8. The largest absolute Gasteiger partial charge is 0.496 e. The normalized spacial score (nSPS) is 11.1. The van der Waals surface area contributed by atoms with Gasteiger partial charge in [0.05, 0.1) is 37.7 Å². The van der Waals surface area contributed by atoms with Crippen molar-refractivity contribution in [2.75, 3.05) is 27.1 Å². The number of aromatic nitrogens is 1. The number of carbonyl (C=O) groups excluding carboxylic acids is 1. The fourth-order valence-corrected chi connectivity index (χ4v) is 2.92. The van der Waals surface area contributed by atoms with Gasteiger partial charge in [0.25, 0.3) is 0 Å². The molecule has 0 saturated heterocycles. The van der Waals surface area contributed by atoms with Gasteiger partial charge >= 0.3 is 6.18 Å². The van der Waals surface area contributed by atoms with Crippen LogP contribution in [0.25, 0.3) is 0 Å². The molecule has 0 unspecified atom stereocenters. The van der Waals surface area contributed by atoms with Crippen molar-refractivity contribution >= 4 is 17.7 Å². The van der Waals surface area contributed by atoms with E-state index in [1.165, 1.54) is 27.4 Å². The van der Waals surface area contributed by atoms with Crippen molar-refractivity contribution in [3.63, 3.8) is 0 Å². The van der Waals surface area contributed by atoms with Crippen LogP contribution in [0.2, 0.25) is 0 Å². The molecule has 6 nitrogen and oxygen atoms in total. The van der Waals surface area contributed by atoms with Crippen molar-refractivity contribution in [3.8, 4) is 17.2 Å². The average molecular weight is 416 g/mol. The van der Waals surface area contributed by atoms with Gasteiger partial charge in [-0.1, -0.05) is 11.8 Å². The summed E-state index contributed by atoms with van der Waals surface area (Å²) in [6.45, 7) is 0.184. The molecule has 1 aromatic heterocycles. The first-order valence-electron chi connectivity index (χ1n) is 8.00. The van der Waals surface area contributed by atoms with Crippen LogP contribution in [-0.4, -0.2) is 38.0 Å². The lowest BCUT2D eigenvalue weighted by Gasteiger charge is -2.14. The fourth-order valence-electron chi connectivity index (χ4n) is 2.25. The molecule has 2 rings (SSSR count). The van der Waals surface area contributed by atoms with E-state index in [1.807, 2.05) is 0 Å². The van der Waals surface area contributed by atoms with E-state index in [0.717, 1.165) is 24.0 Å². The third-order valence-electron chi connectivity index (χ3n) is 3.68. The molecule has 1 heterocycles. The highest BCUT2D eigenvalue weighted by Gasteiger charge is 2.30. The first-order chi connectivity index (χ1) is 13.3. The third-order valence-corrected chi connectivity index (χ3v) is 4.62. The van der Waals surface area contributed by atoms with Crippen molar-refractivity contribution < 1.29 is 32.2 Å². The highest BCUT2D eigenvalue weighted by molar-refractivity contribution is 7.99. The molecule has 0 atom stereocenters. The molecule has 0 fully saturated rings. The van der Waals surface area contributed by atoms with Crippen molar-refractivity contribution in [2.45, 2.75) is 17.7 Å². The summed E-state index contributed by atoms with van der Waals surface area (Å²) in [7, 11) is 4.50. The molecular weight excluding hydrogens is 397 g/mol. The Hall–Kier alpha value is -2.62. The predicted molar refractivity (Wildman–Crippen MR) is 97.9 cm³/mol. The predicted octanol–water partition coefficient (Wildman–Crippen LogP) is 3.53. The Morgan fingerprint density at radius 2 is 1.71 bits per heavy atom. The van der Waals surface area contributed by atoms with Crippen LogP contribution in [0.15, 0.2) is 35.5 Å². The summed E-state index contributed by atoms with van der Waals surface area (Å²) < 4.78 is 53.3. The standard InChI is InChI=1S/C18H19F3N2O4S/c1-25-13-7-15(27-3)14(26-2)6-11(13)8-22-16(24)10-28-17-5-4-12(9-23-17)18(19,20)21/h4-7,9H,8,10H2,1-3H3,(H,22,24). The van der Waals surface area contributed by atoms with Gasteiger partial charge in [-0.15, -0.1) is 0 Å². The summed E-state index contributed by atoms with van der Waals surface area (Å²) in [6, 6.07) is 5.52. The Morgan fingerprint density at radius 1 is 1.07 bits per heavy atom. The number of pyridine rings is 1. The van der Waals surface area contributed by atoms with Crippen LogP contribution in [-0.2, 0) is 17.5 Å². The van der Waals surface area contributed by atoms with Crippen molar-refractivity contribution in [3.05, 3.63) is 41.6 Å². The molecule has 1 amide bonds. The minimum Gasteiger partial charge on any atom is -0.496 e. The van der Waals surface area contributed by atoms with E-state index < -0.39 is 11.7 Å². The lowest BCUT2D eigenvalue weighted by atomic mass is 10.1. The van der Waals surface area contributed by atoms with Crippen LogP contribution in [0.1, 0.15) is 11.1 Å². The molecule has 10 heteroatoms. The molecule has 28 heavy (non-hydrogen) atoms. The smallest absolute Gasteiger partial charge is 0.417 e. The number of carbonyl (C=O) groups is 1. The Bertz CT molecular complexity index is 814. The van der Waals surface area contributed by atoms with Crippen molar-refractivity contribution in [2.24, 2.45) is 0 Å². The second-order valence-corrected chi connectivity index (χ2v) is 6.46. The molecule has 0 aliphatic heterocycles. The van der Waals surface area contributed by atoms with Gasteiger partial charge in [0.15, 0.2) is 11.5 Å². The number of methoxy groups -OCH3 is 3. The molecule has 0 bridgehead atoms. The first kappa shape index (κ1) is 21.7. The summed E-state index contributed by atoms with van der Waals surface area (Å²) >= 11 is 1.04. The Balaban J connectivity index is 1.94. The van der Waals surface area contributed by atoms with Gasteiger partial charge in [0.1, 0.15) is 5.75 Å². The third kappa shape index (κ3) is 5.69. The molecule has 0 radical (unpaired) electrons. The van der Waals surface area contributed by atoms with E-state index in [-0.39, 0.29) is 18.2 Å². The van der Waals surface area contributed by atoms with Gasteiger partial charge in [-0.3, -0.25) is 4.79 Å². The number of rotatable bonds is 8. The molecule has 152 valence electrons. The molecule has 0 aliphatic rings. The number of hydrogen-bond acceptors (Lipinski definition) is 6. The van der Waals surface area contributed by atoms with Crippen molar-refractivity contribution in [1.82, 2.24) is 10.3 Å². The highest BCUT2D eigenvalue weighted by Crippen LogP contribution is 2.34. The molecule has 1 aromatic carbocycles. The SMILES string of the molecule is COc1cc(OC)c(OC)cc1CNC(=O)CSc1ccc(C(F)(F)F)cn1. The maximum absolute atomic E-state index is 12.5. The first-order valence-corrected chi connectivity index (χ1v) is 8.98. The second-order valence-electron chi connectivity index (χ2n) is 5.47. The number of halogens is 3. The molecule has 2 aromatic rings. The Labute approximate surface area is 164 Å². The lowest BCUT2D eigenvalue weighted by molar-refractivity contribution is -0.137. The van der Waals surface area contributed by atoms with E-state index in [0.29, 0.717) is 27.8 Å². The lowest BCUT2D eigenvalue weighted by Crippen LogP contribution is -2.24. The van der Waals surface area contributed by atoms with Gasteiger partial charge < -0.3 is 19.5 Å².